The van der Waals surface area contributed by atoms with Crippen LogP contribution in [0.15, 0.2) is 40.3 Å². The number of aryl methyl sites for hydroxylation is 1. The van der Waals surface area contributed by atoms with Crippen LogP contribution in [-0.4, -0.2) is 26.2 Å². The summed E-state index contributed by atoms with van der Waals surface area (Å²) < 4.78 is 14.8. The number of hydrogen-bond donors (Lipinski definition) is 2. The van der Waals surface area contributed by atoms with Crippen molar-refractivity contribution >= 4 is 34.4 Å². The predicted molar refractivity (Wildman–Crippen MR) is 101 cm³/mol. The summed E-state index contributed by atoms with van der Waals surface area (Å²) in [6, 6.07) is 7.40. The molecule has 1 amide bonds. The van der Waals surface area contributed by atoms with Gasteiger partial charge in [0.05, 0.1) is 11.3 Å². The molecule has 0 bridgehead atoms. The van der Waals surface area contributed by atoms with E-state index in [9.17, 15) is 14.0 Å². The maximum Gasteiger partial charge on any atom is 0.278 e. The van der Waals surface area contributed by atoms with Crippen molar-refractivity contribution < 1.29 is 9.18 Å². The molecule has 2 aromatic heterocycles. The van der Waals surface area contributed by atoms with Crippen LogP contribution in [0.5, 0.6) is 0 Å². The van der Waals surface area contributed by atoms with E-state index in [-0.39, 0.29) is 23.3 Å². The number of benzene rings is 1. The number of anilines is 1. The van der Waals surface area contributed by atoms with E-state index in [0.717, 1.165) is 5.69 Å². The van der Waals surface area contributed by atoms with E-state index in [4.69, 9.17) is 0 Å². The van der Waals surface area contributed by atoms with Gasteiger partial charge in [0.2, 0.25) is 5.91 Å². The molecule has 0 atom stereocenters. The third-order valence-electron chi connectivity index (χ3n) is 3.74. The molecule has 0 aliphatic heterocycles. The van der Waals surface area contributed by atoms with E-state index < -0.39 is 5.82 Å². The van der Waals surface area contributed by atoms with Gasteiger partial charge in [-0.3, -0.25) is 14.2 Å². The fourth-order valence-electron chi connectivity index (χ4n) is 2.64. The molecule has 3 rings (SSSR count). The minimum absolute atomic E-state index is 0.0601. The summed E-state index contributed by atoms with van der Waals surface area (Å²) in [6.07, 6.45) is 0. The second kappa shape index (κ2) is 7.33. The first-order valence-electron chi connectivity index (χ1n) is 8.15. The highest BCUT2D eigenvalue weighted by Gasteiger charge is 2.16. The number of amides is 1. The fourth-order valence-corrected chi connectivity index (χ4v) is 3.57. The van der Waals surface area contributed by atoms with E-state index in [1.54, 1.807) is 16.7 Å². The van der Waals surface area contributed by atoms with Gasteiger partial charge in [-0.1, -0.05) is 17.8 Å². The first kappa shape index (κ1) is 18.2. The van der Waals surface area contributed by atoms with E-state index in [1.807, 2.05) is 20.8 Å². The minimum atomic E-state index is -0.418. The van der Waals surface area contributed by atoms with Crippen LogP contribution in [-0.2, 0) is 4.79 Å². The molecule has 3 aromatic rings. The molecule has 26 heavy (non-hydrogen) atoms. The first-order valence-corrected chi connectivity index (χ1v) is 9.14. The fraction of sp³-hybridized carbons (Fsp3) is 0.278. The molecule has 0 spiro atoms. The largest absolute Gasteiger partial charge is 0.353 e. The third-order valence-corrected chi connectivity index (χ3v) is 4.70. The Morgan fingerprint density at radius 2 is 2.15 bits per heavy atom. The van der Waals surface area contributed by atoms with Crippen LogP contribution in [0, 0.1) is 12.7 Å². The zero-order chi connectivity index (χ0) is 18.8. The molecule has 0 saturated heterocycles. The number of nitrogens with one attached hydrogen (secondary N) is 2. The summed E-state index contributed by atoms with van der Waals surface area (Å²) in [5.74, 6) is -0.653. The highest BCUT2D eigenvalue weighted by molar-refractivity contribution is 7.99. The van der Waals surface area contributed by atoms with Crippen LogP contribution in [0.3, 0.4) is 0 Å². The summed E-state index contributed by atoms with van der Waals surface area (Å²) in [7, 11) is 0. The van der Waals surface area contributed by atoms with Crippen LogP contribution >= 0.6 is 11.8 Å². The van der Waals surface area contributed by atoms with Crippen molar-refractivity contribution in [3.05, 3.63) is 52.2 Å². The lowest BCUT2D eigenvalue weighted by Gasteiger charge is -2.15. The van der Waals surface area contributed by atoms with Crippen molar-refractivity contribution in [1.82, 2.24) is 14.5 Å². The number of carbonyl (C=O) groups is 1. The third kappa shape index (κ3) is 3.80. The number of hydrogen-bond acceptors (Lipinski definition) is 4. The summed E-state index contributed by atoms with van der Waals surface area (Å²) >= 11 is 1.18. The van der Waals surface area contributed by atoms with E-state index in [1.165, 1.54) is 30.0 Å². The van der Waals surface area contributed by atoms with Gasteiger partial charge in [0.15, 0.2) is 5.16 Å². The number of H-pyrrole nitrogens is 1. The SMILES string of the molecule is Cc1cc2nc(SCC(=O)Nc3cccc(F)c3)n(C(C)C)c(=O)c2[nH]1. The maximum absolute atomic E-state index is 13.2. The number of aromatic nitrogens is 3. The Bertz CT molecular complexity index is 1030. The topological polar surface area (TPSA) is 79.8 Å². The molecule has 2 N–H and O–H groups in total. The van der Waals surface area contributed by atoms with Crippen LogP contribution < -0.4 is 10.9 Å². The second-order valence-electron chi connectivity index (χ2n) is 6.22. The van der Waals surface area contributed by atoms with Gasteiger partial charge in [-0.05, 0) is 45.0 Å². The first-order chi connectivity index (χ1) is 12.3. The summed E-state index contributed by atoms with van der Waals surface area (Å²) in [5.41, 5.74) is 2.13. The molecule has 0 radical (unpaired) electrons. The molecule has 0 saturated carbocycles. The average molecular weight is 374 g/mol. The van der Waals surface area contributed by atoms with E-state index in [2.05, 4.69) is 15.3 Å². The zero-order valence-corrected chi connectivity index (χ0v) is 15.5. The zero-order valence-electron chi connectivity index (χ0n) is 14.7. The number of rotatable bonds is 5. The summed E-state index contributed by atoms with van der Waals surface area (Å²) in [6.45, 7) is 5.64. The molecule has 136 valence electrons. The van der Waals surface area contributed by atoms with Gasteiger partial charge in [-0.25, -0.2) is 9.37 Å². The Morgan fingerprint density at radius 1 is 1.38 bits per heavy atom. The molecule has 2 heterocycles. The standard InChI is InChI=1S/C18H19FN4O2S/c1-10(2)23-17(25)16-14(7-11(3)20-16)22-18(23)26-9-15(24)21-13-6-4-5-12(19)8-13/h4-8,10,20H,9H2,1-3H3,(H,21,24). The Hall–Kier alpha value is -2.61. The van der Waals surface area contributed by atoms with Crippen LogP contribution in [0.2, 0.25) is 0 Å². The number of fused-ring (bicyclic) bond motifs is 1. The quantitative estimate of drug-likeness (QED) is 0.529. The highest BCUT2D eigenvalue weighted by Crippen LogP contribution is 2.21. The number of aromatic amines is 1. The molecular weight excluding hydrogens is 355 g/mol. The van der Waals surface area contributed by atoms with Gasteiger partial charge in [0.25, 0.3) is 5.56 Å². The molecular formula is C18H19FN4O2S. The van der Waals surface area contributed by atoms with Crippen LogP contribution in [0.4, 0.5) is 10.1 Å². The molecule has 6 nitrogen and oxygen atoms in total. The van der Waals surface area contributed by atoms with Crippen molar-refractivity contribution in [3.8, 4) is 0 Å². The summed E-state index contributed by atoms with van der Waals surface area (Å²) in [5, 5.41) is 3.11. The van der Waals surface area contributed by atoms with Gasteiger partial charge >= 0.3 is 0 Å². The van der Waals surface area contributed by atoms with Crippen molar-refractivity contribution in [2.24, 2.45) is 0 Å². The Labute approximate surface area is 153 Å². The van der Waals surface area contributed by atoms with Gasteiger partial charge in [-0.15, -0.1) is 0 Å². The van der Waals surface area contributed by atoms with Crippen molar-refractivity contribution in [2.75, 3.05) is 11.1 Å². The van der Waals surface area contributed by atoms with Crippen molar-refractivity contribution in [1.29, 1.82) is 0 Å². The highest BCUT2D eigenvalue weighted by atomic mass is 32.2. The second-order valence-corrected chi connectivity index (χ2v) is 7.17. The van der Waals surface area contributed by atoms with Crippen molar-refractivity contribution in [2.45, 2.75) is 32.0 Å². The molecule has 8 heteroatoms. The molecule has 0 fully saturated rings. The van der Waals surface area contributed by atoms with Crippen molar-refractivity contribution in [3.63, 3.8) is 0 Å². The Kier molecular flexibility index (Phi) is 5.13. The predicted octanol–water partition coefficient (Wildman–Crippen LogP) is 3.48. The van der Waals surface area contributed by atoms with Gasteiger partial charge in [0.1, 0.15) is 11.3 Å². The number of carbonyl (C=O) groups excluding carboxylic acids is 1. The molecule has 0 aliphatic carbocycles. The lowest BCUT2D eigenvalue weighted by atomic mass is 10.3. The van der Waals surface area contributed by atoms with E-state index in [0.29, 0.717) is 21.9 Å². The molecule has 0 aliphatic rings. The van der Waals surface area contributed by atoms with Gasteiger partial charge < -0.3 is 10.3 Å². The van der Waals surface area contributed by atoms with Crippen LogP contribution in [0.25, 0.3) is 11.0 Å². The number of thioether (sulfide) groups is 1. The van der Waals surface area contributed by atoms with E-state index >= 15 is 0 Å². The Balaban J connectivity index is 1.82. The number of nitrogens with zero attached hydrogens (tertiary/aromatic N) is 2. The molecule has 0 unspecified atom stereocenters. The Morgan fingerprint density at radius 3 is 2.85 bits per heavy atom. The molecule has 1 aromatic carbocycles. The minimum Gasteiger partial charge on any atom is -0.353 e. The average Bonchev–Trinajstić information content (AvgIpc) is 2.93. The van der Waals surface area contributed by atoms with Gasteiger partial charge in [-0.2, -0.15) is 0 Å². The van der Waals surface area contributed by atoms with Crippen LogP contribution in [0.1, 0.15) is 25.6 Å². The lowest BCUT2D eigenvalue weighted by Crippen LogP contribution is -2.25. The summed E-state index contributed by atoms with van der Waals surface area (Å²) in [4.78, 5) is 32.4. The normalized spacial score (nSPS) is 11.3. The monoisotopic (exact) mass is 374 g/mol. The number of halogens is 1. The maximum atomic E-state index is 13.2. The van der Waals surface area contributed by atoms with Gasteiger partial charge in [0, 0.05) is 17.4 Å². The smallest absolute Gasteiger partial charge is 0.278 e. The lowest BCUT2D eigenvalue weighted by molar-refractivity contribution is -0.113.